The molecule has 3 N–H and O–H groups in total. The Morgan fingerprint density at radius 2 is 2.14 bits per heavy atom. The van der Waals surface area contributed by atoms with Crippen molar-refractivity contribution in [2.24, 2.45) is 5.92 Å². The van der Waals surface area contributed by atoms with Crippen LogP contribution in [0, 0.1) is 5.92 Å². The lowest BCUT2D eigenvalue weighted by Crippen LogP contribution is -2.05. The van der Waals surface area contributed by atoms with E-state index in [0.717, 1.165) is 10.2 Å². The zero-order valence-electron chi connectivity index (χ0n) is 11.3. The van der Waals surface area contributed by atoms with Gasteiger partial charge in [0.1, 0.15) is 5.82 Å². The van der Waals surface area contributed by atoms with E-state index < -0.39 is 0 Å². The van der Waals surface area contributed by atoms with Gasteiger partial charge in [0.25, 0.3) is 0 Å². The predicted molar refractivity (Wildman–Crippen MR) is 89.3 cm³/mol. The highest BCUT2D eigenvalue weighted by Crippen LogP contribution is 2.31. The second-order valence-electron chi connectivity index (χ2n) is 5.10. The SMILES string of the molecule is Nc1ccc(Nc2ccc(Br)c(Cl)c2)nc1OCC1CC1. The van der Waals surface area contributed by atoms with Gasteiger partial charge in [-0.25, -0.2) is 0 Å². The summed E-state index contributed by atoms with van der Waals surface area (Å²) < 4.78 is 6.53. The van der Waals surface area contributed by atoms with Crippen LogP contribution in [0.1, 0.15) is 12.8 Å². The van der Waals surface area contributed by atoms with E-state index in [9.17, 15) is 0 Å². The van der Waals surface area contributed by atoms with E-state index in [2.05, 4.69) is 26.2 Å². The maximum Gasteiger partial charge on any atom is 0.239 e. The Morgan fingerprint density at radius 1 is 1.33 bits per heavy atom. The summed E-state index contributed by atoms with van der Waals surface area (Å²) in [6, 6.07) is 9.23. The molecule has 1 heterocycles. The molecule has 3 rings (SSSR count). The van der Waals surface area contributed by atoms with E-state index in [1.165, 1.54) is 12.8 Å². The van der Waals surface area contributed by atoms with Crippen LogP contribution in [0.4, 0.5) is 17.2 Å². The number of nitrogens with zero attached hydrogens (tertiary/aromatic N) is 1. The summed E-state index contributed by atoms with van der Waals surface area (Å²) in [6.07, 6.45) is 2.46. The van der Waals surface area contributed by atoms with Crippen molar-refractivity contribution >= 4 is 44.7 Å². The van der Waals surface area contributed by atoms with Crippen molar-refractivity contribution in [3.05, 3.63) is 39.8 Å². The van der Waals surface area contributed by atoms with Crippen molar-refractivity contribution in [1.29, 1.82) is 0 Å². The van der Waals surface area contributed by atoms with Crippen molar-refractivity contribution in [2.75, 3.05) is 17.7 Å². The first kappa shape index (κ1) is 14.5. The van der Waals surface area contributed by atoms with Crippen LogP contribution in [0.3, 0.4) is 0 Å². The number of anilines is 3. The Labute approximate surface area is 136 Å². The Hall–Kier alpha value is -1.46. The maximum absolute atomic E-state index is 6.08. The summed E-state index contributed by atoms with van der Waals surface area (Å²) in [5.41, 5.74) is 7.30. The molecule has 2 aromatic rings. The number of benzene rings is 1. The molecule has 110 valence electrons. The van der Waals surface area contributed by atoms with Gasteiger partial charge in [-0.15, -0.1) is 0 Å². The molecular weight excluding hydrogens is 354 g/mol. The maximum atomic E-state index is 6.08. The topological polar surface area (TPSA) is 60.2 Å². The summed E-state index contributed by atoms with van der Waals surface area (Å²) in [5.74, 6) is 1.82. The number of nitrogens with two attached hydrogens (primary N) is 1. The Kier molecular flexibility index (Phi) is 4.22. The fourth-order valence-electron chi connectivity index (χ4n) is 1.84. The molecule has 1 aliphatic carbocycles. The summed E-state index contributed by atoms with van der Waals surface area (Å²) in [4.78, 5) is 4.41. The Balaban J connectivity index is 1.74. The molecule has 0 unspecified atom stereocenters. The summed E-state index contributed by atoms with van der Waals surface area (Å²) in [6.45, 7) is 0.685. The molecule has 6 heteroatoms. The predicted octanol–water partition coefficient (Wildman–Crippen LogP) is 4.61. The number of nitrogen functional groups attached to an aromatic ring is 1. The van der Waals surface area contributed by atoms with Crippen LogP contribution in [0.2, 0.25) is 5.02 Å². The molecule has 1 aromatic heterocycles. The minimum Gasteiger partial charge on any atom is -0.476 e. The van der Waals surface area contributed by atoms with Crippen LogP contribution in [0.15, 0.2) is 34.8 Å². The van der Waals surface area contributed by atoms with Gasteiger partial charge in [-0.05, 0) is 65.0 Å². The number of pyridine rings is 1. The molecule has 0 saturated heterocycles. The molecule has 0 atom stereocenters. The quantitative estimate of drug-likeness (QED) is 0.809. The standard InChI is InChI=1S/C15H15BrClN3O/c16-11-4-3-10(7-12(11)17)19-14-6-5-13(18)15(20-14)21-8-9-1-2-9/h3-7,9H,1-2,8,18H2,(H,19,20). The molecule has 1 saturated carbocycles. The van der Waals surface area contributed by atoms with E-state index in [4.69, 9.17) is 22.1 Å². The number of nitrogens with one attached hydrogen (secondary N) is 1. The molecule has 4 nitrogen and oxygen atoms in total. The average molecular weight is 369 g/mol. The van der Waals surface area contributed by atoms with E-state index in [1.807, 2.05) is 24.3 Å². The molecule has 21 heavy (non-hydrogen) atoms. The van der Waals surface area contributed by atoms with Crippen molar-refractivity contribution in [1.82, 2.24) is 4.98 Å². The monoisotopic (exact) mass is 367 g/mol. The van der Waals surface area contributed by atoms with Gasteiger partial charge in [-0.3, -0.25) is 0 Å². The van der Waals surface area contributed by atoms with Gasteiger partial charge in [0.2, 0.25) is 5.88 Å². The minimum absolute atomic E-state index is 0.482. The van der Waals surface area contributed by atoms with Gasteiger partial charge >= 0.3 is 0 Å². The molecule has 0 amide bonds. The number of rotatable bonds is 5. The van der Waals surface area contributed by atoms with Crippen LogP contribution in [-0.4, -0.2) is 11.6 Å². The number of hydrogen-bond acceptors (Lipinski definition) is 4. The lowest BCUT2D eigenvalue weighted by molar-refractivity contribution is 0.290. The van der Waals surface area contributed by atoms with Crippen LogP contribution in [0.25, 0.3) is 0 Å². The molecule has 0 radical (unpaired) electrons. The minimum atomic E-state index is 0.482. The second-order valence-corrected chi connectivity index (χ2v) is 6.36. The first-order valence-corrected chi connectivity index (χ1v) is 7.90. The van der Waals surface area contributed by atoms with Gasteiger partial charge in [0.15, 0.2) is 0 Å². The lowest BCUT2D eigenvalue weighted by atomic mass is 10.3. The molecular formula is C15H15BrClN3O. The zero-order chi connectivity index (χ0) is 14.8. The molecule has 1 fully saturated rings. The summed E-state index contributed by atoms with van der Waals surface area (Å²) in [5, 5.41) is 3.83. The third-order valence-electron chi connectivity index (χ3n) is 3.23. The summed E-state index contributed by atoms with van der Waals surface area (Å²) >= 11 is 9.44. The second kappa shape index (κ2) is 6.12. The third kappa shape index (κ3) is 3.80. The normalized spacial score (nSPS) is 14.0. The first-order chi connectivity index (χ1) is 10.1. The van der Waals surface area contributed by atoms with E-state index >= 15 is 0 Å². The molecule has 1 aromatic carbocycles. The van der Waals surface area contributed by atoms with E-state index in [1.54, 1.807) is 6.07 Å². The molecule has 0 bridgehead atoms. The highest BCUT2D eigenvalue weighted by atomic mass is 79.9. The van der Waals surface area contributed by atoms with Crippen LogP contribution < -0.4 is 15.8 Å². The van der Waals surface area contributed by atoms with Crippen molar-refractivity contribution < 1.29 is 4.74 Å². The number of ether oxygens (including phenoxy) is 1. The smallest absolute Gasteiger partial charge is 0.239 e. The third-order valence-corrected chi connectivity index (χ3v) is 4.47. The number of hydrogen-bond donors (Lipinski definition) is 2. The summed E-state index contributed by atoms with van der Waals surface area (Å²) in [7, 11) is 0. The van der Waals surface area contributed by atoms with Crippen LogP contribution in [-0.2, 0) is 0 Å². The van der Waals surface area contributed by atoms with Gasteiger partial charge in [-0.2, -0.15) is 4.98 Å². The molecule has 0 aliphatic heterocycles. The van der Waals surface area contributed by atoms with Crippen LogP contribution in [0.5, 0.6) is 5.88 Å². The highest BCUT2D eigenvalue weighted by Gasteiger charge is 2.22. The van der Waals surface area contributed by atoms with Crippen molar-refractivity contribution in [2.45, 2.75) is 12.8 Å². The fraction of sp³-hybridized carbons (Fsp3) is 0.267. The molecule has 1 aliphatic rings. The zero-order valence-corrected chi connectivity index (χ0v) is 13.6. The first-order valence-electron chi connectivity index (χ1n) is 6.73. The largest absolute Gasteiger partial charge is 0.476 e. The number of aromatic nitrogens is 1. The van der Waals surface area contributed by atoms with Crippen molar-refractivity contribution in [3.8, 4) is 5.88 Å². The highest BCUT2D eigenvalue weighted by molar-refractivity contribution is 9.10. The average Bonchev–Trinajstić information content (AvgIpc) is 3.28. The fourth-order valence-corrected chi connectivity index (χ4v) is 2.27. The van der Waals surface area contributed by atoms with E-state index in [0.29, 0.717) is 34.9 Å². The van der Waals surface area contributed by atoms with Crippen LogP contribution >= 0.6 is 27.5 Å². The van der Waals surface area contributed by atoms with Gasteiger partial charge in [0.05, 0.1) is 17.3 Å². The van der Waals surface area contributed by atoms with E-state index in [-0.39, 0.29) is 0 Å². The lowest BCUT2D eigenvalue weighted by Gasteiger charge is -2.11. The Bertz CT molecular complexity index is 661. The number of halogens is 2. The molecule has 0 spiro atoms. The Morgan fingerprint density at radius 3 is 2.86 bits per heavy atom. The van der Waals surface area contributed by atoms with Gasteiger partial charge in [0, 0.05) is 10.2 Å². The van der Waals surface area contributed by atoms with Gasteiger partial charge < -0.3 is 15.8 Å². The van der Waals surface area contributed by atoms with Crippen molar-refractivity contribution in [3.63, 3.8) is 0 Å². The van der Waals surface area contributed by atoms with Gasteiger partial charge in [-0.1, -0.05) is 11.6 Å².